The smallest absolute Gasteiger partial charge is 0.137 e. The van der Waals surface area contributed by atoms with Gasteiger partial charge >= 0.3 is 0 Å². The minimum atomic E-state index is 0.501. The van der Waals surface area contributed by atoms with E-state index >= 15 is 0 Å². The molecule has 0 amide bonds. The Hall–Kier alpha value is -0.610. The number of amidine groups is 1. The van der Waals surface area contributed by atoms with E-state index in [1.165, 1.54) is 12.8 Å². The molecule has 0 bridgehead atoms. The number of hydrogen-bond donors (Lipinski definition) is 2. The van der Waals surface area contributed by atoms with Gasteiger partial charge in [-0.25, -0.2) is 5.84 Å². The number of nitrogens with one attached hydrogen (secondary N) is 1. The number of ether oxygens (including phenoxy) is 1. The Morgan fingerprint density at radius 2 is 2.42 bits per heavy atom. The molecule has 0 radical (unpaired) electrons. The minimum Gasteiger partial charge on any atom is -0.374 e. The standard InChI is InChI=1S/C8H17N3O/c1-2-5-12-6-8(11-9)10-7-3-4-7/h7H,2-6,9H2,1H3,(H,10,11). The van der Waals surface area contributed by atoms with Gasteiger partial charge in [-0.3, -0.25) is 4.99 Å². The second kappa shape index (κ2) is 5.11. The van der Waals surface area contributed by atoms with Crippen molar-refractivity contribution in [1.82, 2.24) is 5.43 Å². The molecule has 0 unspecified atom stereocenters. The van der Waals surface area contributed by atoms with Crippen molar-refractivity contribution in [2.45, 2.75) is 32.2 Å². The summed E-state index contributed by atoms with van der Waals surface area (Å²) in [6, 6.07) is 0.501. The first kappa shape index (κ1) is 9.48. The normalized spacial score (nSPS) is 18.0. The van der Waals surface area contributed by atoms with Crippen molar-refractivity contribution >= 4 is 5.84 Å². The van der Waals surface area contributed by atoms with Gasteiger partial charge in [0.05, 0.1) is 6.04 Å². The van der Waals surface area contributed by atoms with Crippen molar-refractivity contribution in [3.8, 4) is 0 Å². The van der Waals surface area contributed by atoms with E-state index in [1.807, 2.05) is 0 Å². The Morgan fingerprint density at radius 3 is 2.92 bits per heavy atom. The number of nitrogens with two attached hydrogens (primary N) is 1. The Morgan fingerprint density at radius 1 is 1.67 bits per heavy atom. The third-order valence-electron chi connectivity index (χ3n) is 1.64. The molecule has 1 aliphatic carbocycles. The lowest BCUT2D eigenvalue weighted by Crippen LogP contribution is -2.34. The van der Waals surface area contributed by atoms with E-state index in [9.17, 15) is 0 Å². The SMILES string of the molecule is CCCOCC(=NC1CC1)NN. The highest BCUT2D eigenvalue weighted by molar-refractivity contribution is 5.83. The molecule has 12 heavy (non-hydrogen) atoms. The van der Waals surface area contributed by atoms with E-state index in [0.29, 0.717) is 12.6 Å². The number of rotatable bonds is 5. The largest absolute Gasteiger partial charge is 0.374 e. The molecule has 4 heteroatoms. The van der Waals surface area contributed by atoms with Gasteiger partial charge in [-0.05, 0) is 19.3 Å². The highest BCUT2D eigenvalue weighted by Crippen LogP contribution is 2.23. The molecule has 0 saturated heterocycles. The van der Waals surface area contributed by atoms with Crippen LogP contribution in [0.25, 0.3) is 0 Å². The maximum atomic E-state index is 5.29. The summed E-state index contributed by atoms with van der Waals surface area (Å²) in [4.78, 5) is 4.33. The molecular formula is C8H17N3O. The highest BCUT2D eigenvalue weighted by atomic mass is 16.5. The third kappa shape index (κ3) is 3.69. The van der Waals surface area contributed by atoms with Crippen LogP contribution >= 0.6 is 0 Å². The molecule has 0 spiro atoms. The fraction of sp³-hybridized carbons (Fsp3) is 0.875. The molecule has 1 saturated carbocycles. The van der Waals surface area contributed by atoms with Crippen LogP contribution in [0.1, 0.15) is 26.2 Å². The minimum absolute atomic E-state index is 0.501. The fourth-order valence-electron chi connectivity index (χ4n) is 0.853. The monoisotopic (exact) mass is 171 g/mol. The number of hydrazine groups is 1. The van der Waals surface area contributed by atoms with E-state index in [-0.39, 0.29) is 0 Å². The fourth-order valence-corrected chi connectivity index (χ4v) is 0.853. The molecule has 4 nitrogen and oxygen atoms in total. The van der Waals surface area contributed by atoms with E-state index < -0.39 is 0 Å². The molecule has 70 valence electrons. The van der Waals surface area contributed by atoms with E-state index in [1.54, 1.807) is 0 Å². The summed E-state index contributed by atoms with van der Waals surface area (Å²) in [6.45, 7) is 3.36. The topological polar surface area (TPSA) is 59.6 Å². The summed E-state index contributed by atoms with van der Waals surface area (Å²) < 4.78 is 5.29. The molecule has 1 aliphatic rings. The predicted octanol–water partition coefficient (Wildman–Crippen LogP) is 0.437. The maximum absolute atomic E-state index is 5.29. The van der Waals surface area contributed by atoms with Crippen molar-refractivity contribution in [1.29, 1.82) is 0 Å². The summed E-state index contributed by atoms with van der Waals surface area (Å²) >= 11 is 0. The number of nitrogens with zero attached hydrogens (tertiary/aromatic N) is 1. The van der Waals surface area contributed by atoms with Crippen LogP contribution in [0, 0.1) is 0 Å². The van der Waals surface area contributed by atoms with Gasteiger partial charge in [0, 0.05) is 6.61 Å². The third-order valence-corrected chi connectivity index (χ3v) is 1.64. The Labute approximate surface area is 73.2 Å². The van der Waals surface area contributed by atoms with E-state index in [0.717, 1.165) is 18.9 Å². The van der Waals surface area contributed by atoms with Crippen molar-refractivity contribution in [3.63, 3.8) is 0 Å². The summed E-state index contributed by atoms with van der Waals surface area (Å²) in [7, 11) is 0. The van der Waals surface area contributed by atoms with Gasteiger partial charge in [-0.2, -0.15) is 0 Å². The summed E-state index contributed by atoms with van der Waals surface area (Å²) in [5, 5.41) is 0. The van der Waals surface area contributed by atoms with Gasteiger partial charge in [0.1, 0.15) is 12.4 Å². The molecule has 0 aromatic rings. The van der Waals surface area contributed by atoms with Crippen molar-refractivity contribution in [2.24, 2.45) is 10.8 Å². The molecule has 0 aliphatic heterocycles. The molecule has 0 aromatic heterocycles. The molecule has 0 heterocycles. The number of aliphatic imine (C=N–C) groups is 1. The van der Waals surface area contributed by atoms with Crippen LogP contribution in [0.5, 0.6) is 0 Å². The van der Waals surface area contributed by atoms with Gasteiger partial charge in [0.25, 0.3) is 0 Å². The van der Waals surface area contributed by atoms with Crippen molar-refractivity contribution in [2.75, 3.05) is 13.2 Å². The van der Waals surface area contributed by atoms with Crippen LogP contribution in [0.3, 0.4) is 0 Å². The predicted molar refractivity (Wildman–Crippen MR) is 48.9 cm³/mol. The summed E-state index contributed by atoms with van der Waals surface area (Å²) in [5.41, 5.74) is 2.56. The first-order valence-corrected chi connectivity index (χ1v) is 4.47. The Bertz CT molecular complexity index is 154. The maximum Gasteiger partial charge on any atom is 0.137 e. The molecule has 1 rings (SSSR count). The van der Waals surface area contributed by atoms with Crippen LogP contribution in [0.15, 0.2) is 4.99 Å². The van der Waals surface area contributed by atoms with Gasteiger partial charge in [0.15, 0.2) is 0 Å². The van der Waals surface area contributed by atoms with Crippen LogP contribution in [-0.2, 0) is 4.74 Å². The molecule has 1 fully saturated rings. The van der Waals surface area contributed by atoms with Crippen LogP contribution in [-0.4, -0.2) is 25.1 Å². The Kier molecular flexibility index (Phi) is 4.04. The highest BCUT2D eigenvalue weighted by Gasteiger charge is 2.20. The molecule has 0 atom stereocenters. The molecule has 3 N–H and O–H groups in total. The average Bonchev–Trinajstić information content (AvgIpc) is 2.87. The zero-order chi connectivity index (χ0) is 8.81. The van der Waals surface area contributed by atoms with Crippen LogP contribution in [0.2, 0.25) is 0 Å². The number of hydrogen-bond acceptors (Lipinski definition) is 3. The van der Waals surface area contributed by atoms with E-state index in [4.69, 9.17) is 10.6 Å². The first-order chi connectivity index (χ1) is 5.86. The zero-order valence-corrected chi connectivity index (χ0v) is 7.55. The summed E-state index contributed by atoms with van der Waals surface area (Å²) in [5.74, 6) is 6.04. The lowest BCUT2D eigenvalue weighted by molar-refractivity contribution is 0.170. The first-order valence-electron chi connectivity index (χ1n) is 4.47. The van der Waals surface area contributed by atoms with Gasteiger partial charge < -0.3 is 10.2 Å². The van der Waals surface area contributed by atoms with Crippen LogP contribution in [0.4, 0.5) is 0 Å². The average molecular weight is 171 g/mol. The van der Waals surface area contributed by atoms with Gasteiger partial charge in [0.2, 0.25) is 0 Å². The van der Waals surface area contributed by atoms with Crippen molar-refractivity contribution in [3.05, 3.63) is 0 Å². The van der Waals surface area contributed by atoms with Gasteiger partial charge in [-0.15, -0.1) is 0 Å². The molecule has 0 aromatic carbocycles. The molecular weight excluding hydrogens is 154 g/mol. The second-order valence-electron chi connectivity index (χ2n) is 3.00. The van der Waals surface area contributed by atoms with E-state index in [2.05, 4.69) is 17.3 Å². The lowest BCUT2D eigenvalue weighted by atomic mass is 10.5. The lowest BCUT2D eigenvalue weighted by Gasteiger charge is -2.05. The zero-order valence-electron chi connectivity index (χ0n) is 7.55. The quantitative estimate of drug-likeness (QED) is 0.207. The second-order valence-corrected chi connectivity index (χ2v) is 3.00. The summed E-state index contributed by atoms with van der Waals surface area (Å²) in [6.07, 6.45) is 3.42. The van der Waals surface area contributed by atoms with Crippen molar-refractivity contribution < 1.29 is 4.74 Å². The van der Waals surface area contributed by atoms with Crippen LogP contribution < -0.4 is 11.3 Å². The Balaban J connectivity index is 2.15. The van der Waals surface area contributed by atoms with Gasteiger partial charge in [-0.1, -0.05) is 6.92 Å².